The van der Waals surface area contributed by atoms with Gasteiger partial charge < -0.3 is 9.88 Å². The maximum Gasteiger partial charge on any atom is 0.203 e. The van der Waals surface area contributed by atoms with Crippen molar-refractivity contribution in [2.45, 2.75) is 58.4 Å². The van der Waals surface area contributed by atoms with Crippen molar-refractivity contribution in [1.82, 2.24) is 9.55 Å². The van der Waals surface area contributed by atoms with E-state index in [1.807, 2.05) is 7.05 Å². The van der Waals surface area contributed by atoms with E-state index in [4.69, 9.17) is 0 Å². The van der Waals surface area contributed by atoms with Crippen molar-refractivity contribution >= 4 is 5.95 Å². The summed E-state index contributed by atoms with van der Waals surface area (Å²) in [5.41, 5.74) is 1.12. The average Bonchev–Trinajstić information content (AvgIpc) is 2.72. The van der Waals surface area contributed by atoms with Crippen LogP contribution in [0.15, 0.2) is 6.20 Å². The molecule has 1 aliphatic carbocycles. The Morgan fingerprint density at radius 1 is 1.35 bits per heavy atom. The molecule has 1 aliphatic rings. The third-order valence-corrected chi connectivity index (χ3v) is 3.98. The van der Waals surface area contributed by atoms with E-state index in [9.17, 15) is 0 Å². The molecule has 1 aromatic rings. The Kier molecular flexibility index (Phi) is 4.08. The van der Waals surface area contributed by atoms with E-state index in [0.29, 0.717) is 6.04 Å². The lowest BCUT2D eigenvalue weighted by Crippen LogP contribution is -2.19. The monoisotopic (exact) mass is 235 g/mol. The van der Waals surface area contributed by atoms with Gasteiger partial charge in [0.05, 0.1) is 5.69 Å². The van der Waals surface area contributed by atoms with Crippen molar-refractivity contribution < 1.29 is 0 Å². The van der Waals surface area contributed by atoms with Crippen LogP contribution in [-0.2, 0) is 0 Å². The second-order valence-electron chi connectivity index (χ2n) is 5.33. The first-order valence-corrected chi connectivity index (χ1v) is 6.97. The molecule has 0 bridgehead atoms. The molecule has 1 N–H and O–H groups in total. The van der Waals surface area contributed by atoms with Crippen LogP contribution >= 0.6 is 0 Å². The smallest absolute Gasteiger partial charge is 0.203 e. The fourth-order valence-electron chi connectivity index (χ4n) is 3.10. The molecule has 1 heterocycles. The third kappa shape index (κ3) is 2.82. The summed E-state index contributed by atoms with van der Waals surface area (Å²) in [7, 11) is 1.96. The van der Waals surface area contributed by atoms with Crippen LogP contribution in [0.1, 0.15) is 57.2 Å². The minimum absolute atomic E-state index is 0.659. The maximum absolute atomic E-state index is 4.51. The van der Waals surface area contributed by atoms with Crippen LogP contribution in [-0.4, -0.2) is 16.6 Å². The maximum atomic E-state index is 4.51. The van der Waals surface area contributed by atoms with Gasteiger partial charge in [-0.15, -0.1) is 0 Å². The molecule has 0 aliphatic heterocycles. The van der Waals surface area contributed by atoms with Crippen molar-refractivity contribution in [2.75, 3.05) is 12.4 Å². The quantitative estimate of drug-likeness (QED) is 0.861. The van der Waals surface area contributed by atoms with Gasteiger partial charge in [0.2, 0.25) is 5.95 Å². The van der Waals surface area contributed by atoms with Crippen molar-refractivity contribution in [1.29, 1.82) is 0 Å². The van der Waals surface area contributed by atoms with Gasteiger partial charge in [0, 0.05) is 19.3 Å². The predicted octanol–water partition coefficient (Wildman–Crippen LogP) is 3.76. The average molecular weight is 235 g/mol. The first-order chi connectivity index (χ1) is 8.24. The lowest BCUT2D eigenvalue weighted by Gasteiger charge is -2.30. The van der Waals surface area contributed by atoms with Gasteiger partial charge in [0.15, 0.2) is 0 Å². The van der Waals surface area contributed by atoms with E-state index >= 15 is 0 Å². The molecule has 3 nitrogen and oxygen atoms in total. The van der Waals surface area contributed by atoms with Crippen molar-refractivity contribution in [2.24, 2.45) is 5.92 Å². The summed E-state index contributed by atoms with van der Waals surface area (Å²) >= 11 is 0. The summed E-state index contributed by atoms with van der Waals surface area (Å²) in [5.74, 6) is 2.00. The number of hydrogen-bond donors (Lipinski definition) is 1. The minimum Gasteiger partial charge on any atom is -0.359 e. The van der Waals surface area contributed by atoms with E-state index in [2.05, 4.69) is 34.9 Å². The highest BCUT2D eigenvalue weighted by atomic mass is 15.2. The highest BCUT2D eigenvalue weighted by Gasteiger charge is 2.23. The topological polar surface area (TPSA) is 29.9 Å². The molecular weight excluding hydrogens is 210 g/mol. The van der Waals surface area contributed by atoms with Gasteiger partial charge in [-0.1, -0.05) is 19.8 Å². The van der Waals surface area contributed by atoms with E-state index in [1.165, 1.54) is 38.5 Å². The van der Waals surface area contributed by atoms with Gasteiger partial charge >= 0.3 is 0 Å². The molecule has 17 heavy (non-hydrogen) atoms. The number of imidazole rings is 1. The number of aryl methyl sites for hydroxylation is 1. The van der Waals surface area contributed by atoms with E-state index in [0.717, 1.165) is 17.6 Å². The van der Waals surface area contributed by atoms with Crippen LogP contribution in [0.4, 0.5) is 5.95 Å². The summed E-state index contributed by atoms with van der Waals surface area (Å²) in [6.07, 6.45) is 10.3. The van der Waals surface area contributed by atoms with E-state index in [-0.39, 0.29) is 0 Å². The van der Waals surface area contributed by atoms with Gasteiger partial charge in [-0.2, -0.15) is 0 Å². The molecule has 0 spiro atoms. The molecular formula is C14H25N3. The normalized spacial score (nSPS) is 24.9. The van der Waals surface area contributed by atoms with Gasteiger partial charge in [-0.3, -0.25) is 0 Å². The summed E-state index contributed by atoms with van der Waals surface area (Å²) in [4.78, 5) is 4.51. The molecule has 0 unspecified atom stereocenters. The lowest BCUT2D eigenvalue weighted by atomic mass is 9.83. The molecule has 96 valence electrons. The second-order valence-corrected chi connectivity index (χ2v) is 5.33. The second kappa shape index (κ2) is 5.56. The first-order valence-electron chi connectivity index (χ1n) is 6.97. The molecule has 0 amide bonds. The molecule has 1 saturated carbocycles. The molecule has 2 rings (SSSR count). The number of aromatic nitrogens is 2. The number of nitrogens with zero attached hydrogens (tertiary/aromatic N) is 2. The molecule has 3 heteroatoms. The largest absolute Gasteiger partial charge is 0.359 e. The van der Waals surface area contributed by atoms with Crippen LogP contribution in [0.5, 0.6) is 0 Å². The van der Waals surface area contributed by atoms with Crippen molar-refractivity contribution in [3.63, 3.8) is 0 Å². The van der Waals surface area contributed by atoms with Gasteiger partial charge in [0.1, 0.15) is 0 Å². The summed E-state index contributed by atoms with van der Waals surface area (Å²) in [5, 5.41) is 3.20. The molecule has 0 saturated heterocycles. The van der Waals surface area contributed by atoms with Crippen LogP contribution in [0, 0.1) is 12.8 Å². The molecule has 1 fully saturated rings. The van der Waals surface area contributed by atoms with Crippen LogP contribution in [0.2, 0.25) is 0 Å². The summed E-state index contributed by atoms with van der Waals surface area (Å²) < 4.78 is 2.34. The van der Waals surface area contributed by atoms with Gasteiger partial charge in [0.25, 0.3) is 0 Å². The fourth-order valence-corrected chi connectivity index (χ4v) is 3.10. The van der Waals surface area contributed by atoms with E-state index < -0.39 is 0 Å². The van der Waals surface area contributed by atoms with Crippen molar-refractivity contribution in [3.8, 4) is 0 Å². The summed E-state index contributed by atoms with van der Waals surface area (Å²) in [6, 6.07) is 0.659. The zero-order chi connectivity index (χ0) is 12.3. The Balaban J connectivity index is 2.00. The Morgan fingerprint density at radius 3 is 2.65 bits per heavy atom. The zero-order valence-electron chi connectivity index (χ0n) is 11.4. The number of rotatable bonds is 4. The lowest BCUT2D eigenvalue weighted by molar-refractivity contribution is 0.264. The fraction of sp³-hybridized carbons (Fsp3) is 0.786. The first kappa shape index (κ1) is 12.5. The highest BCUT2D eigenvalue weighted by molar-refractivity contribution is 5.28. The summed E-state index contributed by atoms with van der Waals surface area (Å²) in [6.45, 7) is 4.37. The molecule has 0 radical (unpaired) electrons. The van der Waals surface area contributed by atoms with Gasteiger partial charge in [-0.25, -0.2) is 4.98 Å². The van der Waals surface area contributed by atoms with Gasteiger partial charge in [-0.05, 0) is 38.5 Å². The highest BCUT2D eigenvalue weighted by Crippen LogP contribution is 2.35. The number of anilines is 1. The zero-order valence-corrected chi connectivity index (χ0v) is 11.4. The van der Waals surface area contributed by atoms with Crippen LogP contribution in [0.3, 0.4) is 0 Å². The van der Waals surface area contributed by atoms with Crippen LogP contribution < -0.4 is 5.32 Å². The third-order valence-electron chi connectivity index (χ3n) is 3.98. The SMILES string of the molecule is CCCC1CCC(n2cc(C)nc2NC)CC1. The number of nitrogens with one attached hydrogen (secondary N) is 1. The van der Waals surface area contributed by atoms with Crippen LogP contribution in [0.25, 0.3) is 0 Å². The predicted molar refractivity (Wildman–Crippen MR) is 72.4 cm³/mol. The molecule has 0 aromatic carbocycles. The Hall–Kier alpha value is -0.990. The molecule has 1 aromatic heterocycles. The Bertz CT molecular complexity index is 348. The molecule has 0 atom stereocenters. The standard InChI is InChI=1S/C14H25N3/c1-4-5-12-6-8-13(9-7-12)17-10-11(2)16-14(17)15-3/h10,12-13H,4-9H2,1-3H3,(H,15,16). The minimum atomic E-state index is 0.659. The Morgan fingerprint density at radius 2 is 2.06 bits per heavy atom. The van der Waals surface area contributed by atoms with Crippen molar-refractivity contribution in [3.05, 3.63) is 11.9 Å². The Labute approximate surface area is 105 Å². The van der Waals surface area contributed by atoms with E-state index in [1.54, 1.807) is 0 Å². The number of hydrogen-bond acceptors (Lipinski definition) is 2.